The molecule has 1 amide bonds. The van der Waals surface area contributed by atoms with Crippen molar-refractivity contribution in [1.29, 1.82) is 0 Å². The predicted octanol–water partition coefficient (Wildman–Crippen LogP) is 4.04. The lowest BCUT2D eigenvalue weighted by Gasteiger charge is -2.11. The van der Waals surface area contributed by atoms with Gasteiger partial charge >= 0.3 is 5.97 Å². The van der Waals surface area contributed by atoms with Gasteiger partial charge in [-0.25, -0.2) is 4.79 Å². The van der Waals surface area contributed by atoms with Crippen molar-refractivity contribution in [3.05, 3.63) is 64.2 Å². The number of esters is 1. The molecule has 0 radical (unpaired) electrons. The Morgan fingerprint density at radius 3 is 2.17 bits per heavy atom. The highest BCUT2D eigenvalue weighted by Crippen LogP contribution is 2.18. The largest absolute Gasteiger partial charge is 0.462 e. The molecule has 0 aromatic heterocycles. The quantitative estimate of drug-likeness (QED) is 0.867. The van der Waals surface area contributed by atoms with E-state index in [4.69, 9.17) is 4.74 Å². The second kappa shape index (κ2) is 7.09. The zero-order valence-electron chi connectivity index (χ0n) is 13.9. The molecule has 0 unspecified atom stereocenters. The van der Waals surface area contributed by atoms with Gasteiger partial charge in [-0.05, 0) is 74.7 Å². The maximum Gasteiger partial charge on any atom is 0.338 e. The van der Waals surface area contributed by atoms with E-state index < -0.39 is 0 Å². The van der Waals surface area contributed by atoms with Gasteiger partial charge in [0.25, 0.3) is 5.91 Å². The van der Waals surface area contributed by atoms with E-state index in [1.165, 1.54) is 0 Å². The number of nitrogens with one attached hydrogen (secondary N) is 1. The van der Waals surface area contributed by atoms with Crippen LogP contribution in [0.5, 0.6) is 0 Å². The molecule has 0 fully saturated rings. The summed E-state index contributed by atoms with van der Waals surface area (Å²) in [6.07, 6.45) is 0. The third kappa shape index (κ3) is 3.97. The average molecular weight is 311 g/mol. The smallest absolute Gasteiger partial charge is 0.338 e. The lowest BCUT2D eigenvalue weighted by Crippen LogP contribution is -2.14. The fourth-order valence-corrected chi connectivity index (χ4v) is 2.31. The number of rotatable bonds is 4. The van der Waals surface area contributed by atoms with Crippen molar-refractivity contribution < 1.29 is 14.3 Å². The van der Waals surface area contributed by atoms with Crippen LogP contribution in [0.15, 0.2) is 36.4 Å². The van der Waals surface area contributed by atoms with Crippen LogP contribution in [0.3, 0.4) is 0 Å². The average Bonchev–Trinajstić information content (AvgIpc) is 2.51. The maximum absolute atomic E-state index is 12.4. The molecule has 0 aliphatic carbocycles. The summed E-state index contributed by atoms with van der Waals surface area (Å²) in [5.41, 5.74) is 4.94. The fourth-order valence-electron chi connectivity index (χ4n) is 2.31. The van der Waals surface area contributed by atoms with E-state index in [9.17, 15) is 9.59 Å². The summed E-state index contributed by atoms with van der Waals surface area (Å²) in [5.74, 6) is -0.523. The Morgan fingerprint density at radius 2 is 1.57 bits per heavy atom. The molecule has 0 saturated carbocycles. The Balaban J connectivity index is 2.15. The van der Waals surface area contributed by atoms with Crippen LogP contribution >= 0.6 is 0 Å². The lowest BCUT2D eigenvalue weighted by molar-refractivity contribution is 0.0526. The van der Waals surface area contributed by atoms with E-state index in [1.807, 2.05) is 32.9 Å². The van der Waals surface area contributed by atoms with E-state index in [1.54, 1.807) is 31.2 Å². The summed E-state index contributed by atoms with van der Waals surface area (Å²) in [6, 6.07) is 10.6. The molecule has 0 saturated heterocycles. The van der Waals surface area contributed by atoms with Crippen LogP contribution in [0.25, 0.3) is 0 Å². The van der Waals surface area contributed by atoms with Crippen molar-refractivity contribution in [2.45, 2.75) is 27.7 Å². The van der Waals surface area contributed by atoms with Crippen LogP contribution in [0, 0.1) is 20.8 Å². The van der Waals surface area contributed by atoms with Gasteiger partial charge in [0, 0.05) is 11.3 Å². The van der Waals surface area contributed by atoms with Crippen molar-refractivity contribution >= 4 is 17.6 Å². The topological polar surface area (TPSA) is 55.4 Å². The van der Waals surface area contributed by atoms with Gasteiger partial charge in [-0.3, -0.25) is 4.79 Å². The van der Waals surface area contributed by atoms with E-state index in [-0.39, 0.29) is 11.9 Å². The number of carbonyl (C=O) groups excluding carboxylic acids is 2. The number of anilines is 1. The number of amides is 1. The first-order chi connectivity index (χ1) is 10.9. The van der Waals surface area contributed by atoms with Crippen LogP contribution in [0.1, 0.15) is 44.3 Å². The third-order valence-corrected chi connectivity index (χ3v) is 3.74. The molecule has 4 heteroatoms. The molecule has 0 spiro atoms. The van der Waals surface area contributed by atoms with Crippen molar-refractivity contribution in [3.63, 3.8) is 0 Å². The van der Waals surface area contributed by atoms with E-state index in [0.717, 1.165) is 16.7 Å². The first kappa shape index (κ1) is 16.7. The minimum atomic E-state index is -0.365. The summed E-state index contributed by atoms with van der Waals surface area (Å²) in [6.45, 7) is 8.03. The van der Waals surface area contributed by atoms with Gasteiger partial charge in [-0.1, -0.05) is 6.07 Å². The Hall–Kier alpha value is -2.62. The molecule has 0 heterocycles. The standard InChI is InChI=1S/C19H21NO3/c1-5-23-19(22)15-6-8-16(9-7-15)20-18(21)17-11-13(3)12(2)10-14(17)4/h6-11H,5H2,1-4H3,(H,20,21). The number of hydrogen-bond acceptors (Lipinski definition) is 3. The second-order valence-electron chi connectivity index (χ2n) is 5.50. The summed E-state index contributed by atoms with van der Waals surface area (Å²) in [7, 11) is 0. The maximum atomic E-state index is 12.4. The molecule has 0 aliphatic rings. The number of ether oxygens (including phenoxy) is 1. The van der Waals surface area contributed by atoms with Gasteiger partial charge in [0.1, 0.15) is 0 Å². The van der Waals surface area contributed by atoms with Gasteiger partial charge in [-0.15, -0.1) is 0 Å². The Kier molecular flexibility index (Phi) is 5.16. The van der Waals surface area contributed by atoms with Crippen LogP contribution < -0.4 is 5.32 Å². The van der Waals surface area contributed by atoms with E-state index >= 15 is 0 Å². The number of carbonyl (C=O) groups is 2. The van der Waals surface area contributed by atoms with Crippen molar-refractivity contribution in [1.82, 2.24) is 0 Å². The molecule has 0 aliphatic heterocycles. The number of benzene rings is 2. The molecule has 2 rings (SSSR count). The lowest BCUT2D eigenvalue weighted by atomic mass is 10.0. The van der Waals surface area contributed by atoms with Crippen molar-refractivity contribution in [2.24, 2.45) is 0 Å². The van der Waals surface area contributed by atoms with Crippen molar-refractivity contribution in [2.75, 3.05) is 11.9 Å². The number of hydrogen-bond donors (Lipinski definition) is 1. The van der Waals surface area contributed by atoms with Crippen LogP contribution in [0.2, 0.25) is 0 Å². The molecular formula is C19H21NO3. The molecular weight excluding hydrogens is 290 g/mol. The Bertz CT molecular complexity index is 733. The molecule has 23 heavy (non-hydrogen) atoms. The van der Waals surface area contributed by atoms with Crippen LogP contribution in [-0.4, -0.2) is 18.5 Å². The minimum absolute atomic E-state index is 0.158. The second-order valence-corrected chi connectivity index (χ2v) is 5.50. The number of aryl methyl sites for hydroxylation is 3. The zero-order valence-corrected chi connectivity index (χ0v) is 13.9. The molecule has 0 bridgehead atoms. The molecule has 120 valence electrons. The van der Waals surface area contributed by atoms with Crippen LogP contribution in [0.4, 0.5) is 5.69 Å². The molecule has 1 N–H and O–H groups in total. The van der Waals surface area contributed by atoms with Gasteiger partial charge in [0.15, 0.2) is 0 Å². The highest BCUT2D eigenvalue weighted by Gasteiger charge is 2.12. The predicted molar refractivity (Wildman–Crippen MR) is 91.0 cm³/mol. The monoisotopic (exact) mass is 311 g/mol. The molecule has 2 aromatic rings. The highest BCUT2D eigenvalue weighted by atomic mass is 16.5. The van der Waals surface area contributed by atoms with E-state index in [2.05, 4.69) is 5.32 Å². The zero-order chi connectivity index (χ0) is 17.0. The molecule has 0 atom stereocenters. The van der Waals surface area contributed by atoms with Gasteiger partial charge in [0.2, 0.25) is 0 Å². The summed E-state index contributed by atoms with van der Waals surface area (Å²) < 4.78 is 4.93. The van der Waals surface area contributed by atoms with E-state index in [0.29, 0.717) is 23.4 Å². The Morgan fingerprint density at radius 1 is 0.957 bits per heavy atom. The summed E-state index contributed by atoms with van der Waals surface area (Å²) >= 11 is 0. The van der Waals surface area contributed by atoms with Gasteiger partial charge in [0.05, 0.1) is 12.2 Å². The SMILES string of the molecule is CCOC(=O)c1ccc(NC(=O)c2cc(C)c(C)cc2C)cc1. The van der Waals surface area contributed by atoms with Crippen molar-refractivity contribution in [3.8, 4) is 0 Å². The molecule has 2 aromatic carbocycles. The normalized spacial score (nSPS) is 10.3. The summed E-state index contributed by atoms with van der Waals surface area (Å²) in [5, 5.41) is 2.85. The van der Waals surface area contributed by atoms with Gasteiger partial charge in [-0.2, -0.15) is 0 Å². The molecule has 4 nitrogen and oxygen atoms in total. The third-order valence-electron chi connectivity index (χ3n) is 3.74. The minimum Gasteiger partial charge on any atom is -0.462 e. The van der Waals surface area contributed by atoms with Crippen LogP contribution in [-0.2, 0) is 4.74 Å². The first-order valence-electron chi connectivity index (χ1n) is 7.58. The summed E-state index contributed by atoms with van der Waals surface area (Å²) in [4.78, 5) is 24.0. The first-order valence-corrected chi connectivity index (χ1v) is 7.58. The highest BCUT2D eigenvalue weighted by molar-refractivity contribution is 6.05. The fraction of sp³-hybridized carbons (Fsp3) is 0.263. The van der Waals surface area contributed by atoms with Gasteiger partial charge < -0.3 is 10.1 Å². The Labute approximate surface area is 136 Å².